The van der Waals surface area contributed by atoms with Crippen molar-refractivity contribution in [3.05, 3.63) is 24.0 Å². The van der Waals surface area contributed by atoms with Crippen LogP contribution < -0.4 is 0 Å². The second-order valence-electron chi connectivity index (χ2n) is 7.46. The first-order chi connectivity index (χ1) is 13.3. The Kier molecular flexibility index (Phi) is 6.40. The van der Waals surface area contributed by atoms with E-state index in [2.05, 4.69) is 4.98 Å². The average molecular weight is 408 g/mol. The van der Waals surface area contributed by atoms with Gasteiger partial charge in [0, 0.05) is 27.1 Å². The fourth-order valence-electron chi connectivity index (χ4n) is 3.72. The van der Waals surface area contributed by atoms with Gasteiger partial charge in [0.1, 0.15) is 11.9 Å². The Bertz CT molecular complexity index is 944. The lowest BCUT2D eigenvalue weighted by Gasteiger charge is -2.21. The first kappa shape index (κ1) is 20.8. The standard InChI is InChI=1S/C20H29N3O4S/c1-4-23-18-11-10-16(28(25,26)22(2)3)14-17(18)21-19(23)12-13-20(24)27-15-8-6-5-7-9-15/h10-11,14-15H,4-9,12-13H2,1-3H3. The molecule has 1 saturated carbocycles. The molecule has 0 bridgehead atoms. The van der Waals surface area contributed by atoms with Crippen molar-refractivity contribution in [1.29, 1.82) is 0 Å². The quantitative estimate of drug-likeness (QED) is 0.659. The van der Waals surface area contributed by atoms with Gasteiger partial charge in [0.2, 0.25) is 10.0 Å². The second kappa shape index (κ2) is 8.61. The summed E-state index contributed by atoms with van der Waals surface area (Å²) in [4.78, 5) is 17.0. The second-order valence-corrected chi connectivity index (χ2v) is 9.61. The van der Waals surface area contributed by atoms with Gasteiger partial charge in [-0.05, 0) is 50.8 Å². The van der Waals surface area contributed by atoms with Crippen LogP contribution in [0.15, 0.2) is 23.1 Å². The molecule has 0 aliphatic heterocycles. The molecule has 1 fully saturated rings. The predicted molar refractivity (Wildman–Crippen MR) is 108 cm³/mol. The van der Waals surface area contributed by atoms with Gasteiger partial charge in [-0.25, -0.2) is 17.7 Å². The molecule has 3 rings (SSSR count). The van der Waals surface area contributed by atoms with Gasteiger partial charge < -0.3 is 9.30 Å². The van der Waals surface area contributed by atoms with Gasteiger partial charge in [0.25, 0.3) is 0 Å². The molecule has 0 amide bonds. The van der Waals surface area contributed by atoms with Crippen LogP contribution in [-0.4, -0.2) is 48.4 Å². The summed E-state index contributed by atoms with van der Waals surface area (Å²) in [6.07, 6.45) is 6.21. The maximum Gasteiger partial charge on any atom is 0.306 e. The van der Waals surface area contributed by atoms with E-state index in [9.17, 15) is 13.2 Å². The Morgan fingerprint density at radius 2 is 1.96 bits per heavy atom. The third-order valence-electron chi connectivity index (χ3n) is 5.30. The fourth-order valence-corrected chi connectivity index (χ4v) is 4.64. The molecule has 1 aliphatic rings. The molecule has 1 heterocycles. The Morgan fingerprint density at radius 1 is 1.25 bits per heavy atom. The number of carbonyl (C=O) groups is 1. The van der Waals surface area contributed by atoms with Gasteiger partial charge in [-0.15, -0.1) is 0 Å². The molecular weight excluding hydrogens is 378 g/mol. The van der Waals surface area contributed by atoms with Gasteiger partial charge in [0.05, 0.1) is 22.3 Å². The van der Waals surface area contributed by atoms with Crippen LogP contribution in [0.25, 0.3) is 11.0 Å². The SMILES string of the molecule is CCn1c(CCC(=O)OC2CCCCC2)nc2cc(S(=O)(=O)N(C)C)ccc21. The highest BCUT2D eigenvalue weighted by Crippen LogP contribution is 2.24. The molecule has 0 atom stereocenters. The van der Waals surface area contributed by atoms with E-state index in [4.69, 9.17) is 4.74 Å². The molecule has 0 unspecified atom stereocenters. The normalized spacial score (nSPS) is 16.0. The highest BCUT2D eigenvalue weighted by molar-refractivity contribution is 7.89. The van der Waals surface area contributed by atoms with Crippen molar-refractivity contribution in [3.63, 3.8) is 0 Å². The largest absolute Gasteiger partial charge is 0.462 e. The monoisotopic (exact) mass is 407 g/mol. The molecule has 8 heteroatoms. The zero-order valence-electron chi connectivity index (χ0n) is 16.8. The van der Waals surface area contributed by atoms with E-state index in [-0.39, 0.29) is 23.4 Å². The van der Waals surface area contributed by atoms with Crippen LogP contribution in [0.3, 0.4) is 0 Å². The summed E-state index contributed by atoms with van der Waals surface area (Å²) in [6, 6.07) is 4.99. The first-order valence-electron chi connectivity index (χ1n) is 9.94. The summed E-state index contributed by atoms with van der Waals surface area (Å²) in [7, 11) is -0.496. The molecular formula is C20H29N3O4S. The topological polar surface area (TPSA) is 81.5 Å². The van der Waals surface area contributed by atoms with Crippen LogP contribution in [0, 0.1) is 0 Å². The lowest BCUT2D eigenvalue weighted by atomic mass is 9.98. The summed E-state index contributed by atoms with van der Waals surface area (Å²) in [6.45, 7) is 2.71. The van der Waals surface area contributed by atoms with E-state index in [0.29, 0.717) is 18.5 Å². The Labute approximate surface area is 166 Å². The molecule has 154 valence electrons. The van der Waals surface area contributed by atoms with Crippen molar-refractivity contribution >= 4 is 27.0 Å². The van der Waals surface area contributed by atoms with Crippen molar-refractivity contribution in [2.45, 2.75) is 69.4 Å². The van der Waals surface area contributed by atoms with Crippen molar-refractivity contribution < 1.29 is 17.9 Å². The van der Waals surface area contributed by atoms with E-state index in [1.807, 2.05) is 11.5 Å². The number of aryl methyl sites for hydroxylation is 2. The van der Waals surface area contributed by atoms with E-state index < -0.39 is 10.0 Å². The van der Waals surface area contributed by atoms with E-state index >= 15 is 0 Å². The number of nitrogens with zero attached hydrogens (tertiary/aromatic N) is 3. The predicted octanol–water partition coefficient (Wildman–Crippen LogP) is 3.12. The molecule has 7 nitrogen and oxygen atoms in total. The number of hydrogen-bond acceptors (Lipinski definition) is 5. The number of carbonyl (C=O) groups excluding carboxylic acids is 1. The molecule has 28 heavy (non-hydrogen) atoms. The van der Waals surface area contributed by atoms with Crippen LogP contribution in [0.1, 0.15) is 51.3 Å². The highest BCUT2D eigenvalue weighted by Gasteiger charge is 2.21. The summed E-state index contributed by atoms with van der Waals surface area (Å²) in [5.74, 6) is 0.593. The zero-order chi connectivity index (χ0) is 20.3. The summed E-state index contributed by atoms with van der Waals surface area (Å²) in [5, 5.41) is 0. The number of esters is 1. The maximum atomic E-state index is 12.4. The molecule has 1 aromatic heterocycles. The van der Waals surface area contributed by atoms with E-state index in [1.165, 1.54) is 24.8 Å². The first-order valence-corrected chi connectivity index (χ1v) is 11.4. The number of ether oxygens (including phenoxy) is 1. The number of hydrogen-bond donors (Lipinski definition) is 0. The Balaban J connectivity index is 1.76. The molecule has 0 saturated heterocycles. The van der Waals surface area contributed by atoms with Gasteiger partial charge in [0.15, 0.2) is 0 Å². The third-order valence-corrected chi connectivity index (χ3v) is 7.11. The van der Waals surface area contributed by atoms with Gasteiger partial charge in [-0.1, -0.05) is 6.42 Å². The number of rotatable bonds is 7. The number of aromatic nitrogens is 2. The van der Waals surface area contributed by atoms with Crippen LogP contribution in [0.4, 0.5) is 0 Å². The smallest absolute Gasteiger partial charge is 0.306 e. The van der Waals surface area contributed by atoms with Crippen LogP contribution in [-0.2, 0) is 32.5 Å². The van der Waals surface area contributed by atoms with Gasteiger partial charge in [-0.2, -0.15) is 0 Å². The molecule has 0 spiro atoms. The maximum absolute atomic E-state index is 12.4. The highest BCUT2D eigenvalue weighted by atomic mass is 32.2. The van der Waals surface area contributed by atoms with Crippen LogP contribution >= 0.6 is 0 Å². The lowest BCUT2D eigenvalue weighted by molar-refractivity contribution is -0.150. The fraction of sp³-hybridized carbons (Fsp3) is 0.600. The van der Waals surface area contributed by atoms with E-state index in [1.54, 1.807) is 18.2 Å². The summed E-state index contributed by atoms with van der Waals surface area (Å²) in [5.41, 5.74) is 1.50. The number of benzene rings is 1. The number of sulfonamides is 1. The third kappa shape index (κ3) is 4.38. The minimum absolute atomic E-state index is 0.0602. The Hall–Kier alpha value is -1.93. The lowest BCUT2D eigenvalue weighted by Crippen LogP contribution is -2.22. The molecule has 0 N–H and O–H groups in total. The van der Waals surface area contributed by atoms with Gasteiger partial charge >= 0.3 is 5.97 Å². The van der Waals surface area contributed by atoms with Crippen molar-refractivity contribution in [2.24, 2.45) is 0 Å². The minimum Gasteiger partial charge on any atom is -0.462 e. The van der Waals surface area contributed by atoms with Crippen molar-refractivity contribution in [1.82, 2.24) is 13.9 Å². The Morgan fingerprint density at radius 3 is 2.61 bits per heavy atom. The molecule has 1 aliphatic carbocycles. The van der Waals surface area contributed by atoms with Crippen molar-refractivity contribution in [3.8, 4) is 0 Å². The van der Waals surface area contributed by atoms with Crippen LogP contribution in [0.2, 0.25) is 0 Å². The zero-order valence-corrected chi connectivity index (χ0v) is 17.7. The minimum atomic E-state index is -3.51. The van der Waals surface area contributed by atoms with Crippen LogP contribution in [0.5, 0.6) is 0 Å². The molecule has 1 aromatic carbocycles. The molecule has 2 aromatic rings. The number of fused-ring (bicyclic) bond motifs is 1. The molecule has 0 radical (unpaired) electrons. The summed E-state index contributed by atoms with van der Waals surface area (Å²) < 4.78 is 33.5. The number of imidazole rings is 1. The average Bonchev–Trinajstić information content (AvgIpc) is 3.03. The summed E-state index contributed by atoms with van der Waals surface area (Å²) >= 11 is 0. The van der Waals surface area contributed by atoms with Gasteiger partial charge in [-0.3, -0.25) is 4.79 Å². The van der Waals surface area contributed by atoms with E-state index in [0.717, 1.165) is 37.0 Å². The van der Waals surface area contributed by atoms with Crippen molar-refractivity contribution in [2.75, 3.05) is 14.1 Å².